The third kappa shape index (κ3) is 2.79. The lowest BCUT2D eigenvalue weighted by molar-refractivity contribution is -0.0319. The number of piperidine rings is 1. The second-order valence-electron chi connectivity index (χ2n) is 5.28. The van der Waals surface area contributed by atoms with Crippen molar-refractivity contribution < 1.29 is 17.5 Å². The fraction of sp³-hybridized carbons (Fsp3) is 0.538. The third-order valence-electron chi connectivity index (χ3n) is 3.73. The van der Waals surface area contributed by atoms with Gasteiger partial charge in [0.1, 0.15) is 5.82 Å². The predicted octanol–water partition coefficient (Wildman–Crippen LogP) is 1.60. The number of sulfonamides is 1. The van der Waals surface area contributed by atoms with Gasteiger partial charge in [0.2, 0.25) is 10.0 Å². The van der Waals surface area contributed by atoms with E-state index in [-0.39, 0.29) is 17.1 Å². The van der Waals surface area contributed by atoms with Crippen LogP contribution in [0.15, 0.2) is 23.1 Å². The molecule has 0 amide bonds. The summed E-state index contributed by atoms with van der Waals surface area (Å²) < 4.78 is 45.2. The number of halogens is 1. The quantitative estimate of drug-likeness (QED) is 0.861. The lowest BCUT2D eigenvalue weighted by Gasteiger charge is -2.38. The van der Waals surface area contributed by atoms with E-state index in [9.17, 15) is 12.8 Å². The summed E-state index contributed by atoms with van der Waals surface area (Å²) in [7, 11) is -2.16. The van der Waals surface area contributed by atoms with E-state index in [0.29, 0.717) is 13.0 Å². The van der Waals surface area contributed by atoms with Crippen LogP contribution in [-0.2, 0) is 14.8 Å². The zero-order chi connectivity index (χ0) is 15.0. The number of benzene rings is 1. The SMILES string of the molecule is COC1(C)CCCN(S(=O)(=O)c2ccc(N)c(F)c2)C1. The predicted molar refractivity (Wildman–Crippen MR) is 74.2 cm³/mol. The second-order valence-corrected chi connectivity index (χ2v) is 7.22. The number of hydrogen-bond acceptors (Lipinski definition) is 4. The first-order valence-electron chi connectivity index (χ1n) is 6.39. The molecule has 1 atom stereocenters. The minimum atomic E-state index is -3.72. The lowest BCUT2D eigenvalue weighted by atomic mass is 9.96. The molecule has 1 aliphatic rings. The van der Waals surface area contributed by atoms with E-state index in [1.54, 1.807) is 7.11 Å². The highest BCUT2D eigenvalue weighted by molar-refractivity contribution is 7.89. The van der Waals surface area contributed by atoms with Gasteiger partial charge < -0.3 is 10.5 Å². The van der Waals surface area contributed by atoms with Gasteiger partial charge in [-0.1, -0.05) is 0 Å². The molecule has 1 aromatic carbocycles. The molecule has 1 saturated heterocycles. The van der Waals surface area contributed by atoms with Crippen LogP contribution in [0.4, 0.5) is 10.1 Å². The Hall–Kier alpha value is -1.18. The van der Waals surface area contributed by atoms with Gasteiger partial charge in [-0.25, -0.2) is 12.8 Å². The molecule has 0 aromatic heterocycles. The normalized spacial score (nSPS) is 24.8. The molecule has 1 unspecified atom stereocenters. The Morgan fingerprint density at radius 1 is 1.45 bits per heavy atom. The van der Waals surface area contributed by atoms with Crippen LogP contribution in [0.5, 0.6) is 0 Å². The smallest absolute Gasteiger partial charge is 0.243 e. The van der Waals surface area contributed by atoms with Crippen LogP contribution in [-0.4, -0.2) is 38.5 Å². The highest BCUT2D eigenvalue weighted by Gasteiger charge is 2.37. The fourth-order valence-electron chi connectivity index (χ4n) is 2.35. The zero-order valence-electron chi connectivity index (χ0n) is 11.6. The number of ether oxygens (including phenoxy) is 1. The molecule has 2 N–H and O–H groups in total. The number of anilines is 1. The topological polar surface area (TPSA) is 72.6 Å². The molecule has 0 bridgehead atoms. The van der Waals surface area contributed by atoms with E-state index in [4.69, 9.17) is 10.5 Å². The summed E-state index contributed by atoms with van der Waals surface area (Å²) in [5.74, 6) is -0.724. The van der Waals surface area contributed by atoms with Crippen molar-refractivity contribution in [1.29, 1.82) is 0 Å². The molecule has 1 heterocycles. The average molecular weight is 302 g/mol. The standard InChI is InChI=1S/C13H19FN2O3S/c1-13(19-2)6-3-7-16(9-13)20(17,18)10-4-5-12(15)11(14)8-10/h4-5,8H,3,6-7,9,15H2,1-2H3. The van der Waals surface area contributed by atoms with Crippen LogP contribution in [0.1, 0.15) is 19.8 Å². The summed E-state index contributed by atoms with van der Waals surface area (Å²) >= 11 is 0. The first-order chi connectivity index (χ1) is 9.28. The first kappa shape index (κ1) is 15.2. The van der Waals surface area contributed by atoms with Gasteiger partial charge in [0.15, 0.2) is 0 Å². The van der Waals surface area contributed by atoms with Crippen LogP contribution < -0.4 is 5.73 Å². The lowest BCUT2D eigenvalue weighted by Crippen LogP contribution is -2.49. The Balaban J connectivity index is 2.32. The van der Waals surface area contributed by atoms with Gasteiger partial charge in [-0.3, -0.25) is 0 Å². The summed E-state index contributed by atoms with van der Waals surface area (Å²) in [5.41, 5.74) is 4.80. The van der Waals surface area contributed by atoms with Gasteiger partial charge in [-0.2, -0.15) is 4.31 Å². The molecule has 112 valence electrons. The zero-order valence-corrected chi connectivity index (χ0v) is 12.4. The highest BCUT2D eigenvalue weighted by Crippen LogP contribution is 2.29. The number of rotatable bonds is 3. The van der Waals surface area contributed by atoms with Crippen molar-refractivity contribution in [2.75, 3.05) is 25.9 Å². The molecule has 5 nitrogen and oxygen atoms in total. The first-order valence-corrected chi connectivity index (χ1v) is 7.83. The Kier molecular flexibility index (Phi) is 4.04. The molecule has 1 fully saturated rings. The second kappa shape index (κ2) is 5.31. The number of hydrogen-bond donors (Lipinski definition) is 1. The van der Waals surface area contributed by atoms with Crippen molar-refractivity contribution in [1.82, 2.24) is 4.31 Å². The van der Waals surface area contributed by atoms with Crippen molar-refractivity contribution >= 4 is 15.7 Å². The van der Waals surface area contributed by atoms with Gasteiger partial charge in [0, 0.05) is 20.2 Å². The van der Waals surface area contributed by atoms with Gasteiger partial charge in [0.05, 0.1) is 16.2 Å². The molecule has 2 rings (SSSR count). The van der Waals surface area contributed by atoms with Gasteiger partial charge in [-0.15, -0.1) is 0 Å². The van der Waals surface area contributed by atoms with Crippen molar-refractivity contribution in [2.45, 2.75) is 30.3 Å². The van der Waals surface area contributed by atoms with E-state index in [1.165, 1.54) is 16.4 Å². The largest absolute Gasteiger partial charge is 0.396 e. The number of methoxy groups -OCH3 is 1. The maximum Gasteiger partial charge on any atom is 0.243 e. The minimum absolute atomic E-state index is 0.0654. The van der Waals surface area contributed by atoms with Gasteiger partial charge >= 0.3 is 0 Å². The summed E-state index contributed by atoms with van der Waals surface area (Å²) in [5, 5.41) is 0. The Morgan fingerprint density at radius 2 is 2.15 bits per heavy atom. The maximum absolute atomic E-state index is 13.5. The number of nitrogens with two attached hydrogens (primary N) is 1. The van der Waals surface area contributed by atoms with Crippen molar-refractivity contribution in [3.8, 4) is 0 Å². The summed E-state index contributed by atoms with van der Waals surface area (Å²) in [6, 6.07) is 3.55. The monoisotopic (exact) mass is 302 g/mol. The molecular weight excluding hydrogens is 283 g/mol. The Bertz CT molecular complexity index is 606. The van der Waals surface area contributed by atoms with Gasteiger partial charge in [-0.05, 0) is 38.0 Å². The van der Waals surface area contributed by atoms with E-state index in [0.717, 1.165) is 12.5 Å². The van der Waals surface area contributed by atoms with Crippen LogP contribution in [0.2, 0.25) is 0 Å². The number of nitrogen functional groups attached to an aromatic ring is 1. The molecule has 0 radical (unpaired) electrons. The molecular formula is C13H19FN2O3S. The highest BCUT2D eigenvalue weighted by atomic mass is 32.2. The van der Waals surface area contributed by atoms with Crippen molar-refractivity contribution in [3.63, 3.8) is 0 Å². The molecule has 1 aliphatic heterocycles. The molecule has 0 spiro atoms. The molecule has 0 saturated carbocycles. The summed E-state index contributed by atoms with van der Waals surface area (Å²) in [6.45, 7) is 2.54. The minimum Gasteiger partial charge on any atom is -0.396 e. The van der Waals surface area contributed by atoms with Crippen LogP contribution >= 0.6 is 0 Å². The third-order valence-corrected chi connectivity index (χ3v) is 5.57. The fourth-order valence-corrected chi connectivity index (χ4v) is 3.95. The van der Waals surface area contributed by atoms with E-state index in [2.05, 4.69) is 0 Å². The summed E-state index contributed by atoms with van der Waals surface area (Å²) in [4.78, 5) is -0.0791. The number of nitrogens with zero attached hydrogens (tertiary/aromatic N) is 1. The molecule has 0 aliphatic carbocycles. The Labute approximate surface area is 118 Å². The van der Waals surface area contributed by atoms with Gasteiger partial charge in [0.25, 0.3) is 0 Å². The van der Waals surface area contributed by atoms with Crippen molar-refractivity contribution in [3.05, 3.63) is 24.0 Å². The van der Waals surface area contributed by atoms with E-state index < -0.39 is 21.4 Å². The van der Waals surface area contributed by atoms with Crippen LogP contribution in [0.25, 0.3) is 0 Å². The van der Waals surface area contributed by atoms with E-state index >= 15 is 0 Å². The molecule has 1 aromatic rings. The van der Waals surface area contributed by atoms with Crippen molar-refractivity contribution in [2.24, 2.45) is 0 Å². The Morgan fingerprint density at radius 3 is 2.75 bits per heavy atom. The molecule has 7 heteroatoms. The van der Waals surface area contributed by atoms with Crippen LogP contribution in [0, 0.1) is 5.82 Å². The maximum atomic E-state index is 13.5. The van der Waals surface area contributed by atoms with E-state index in [1.807, 2.05) is 6.92 Å². The molecule has 20 heavy (non-hydrogen) atoms. The summed E-state index contributed by atoms with van der Waals surface area (Å²) in [6.07, 6.45) is 1.51. The van der Waals surface area contributed by atoms with Crippen LogP contribution in [0.3, 0.4) is 0 Å². The average Bonchev–Trinajstić information content (AvgIpc) is 2.42.